The number of esters is 1. The highest BCUT2D eigenvalue weighted by molar-refractivity contribution is 14.1. The molecule has 128 valence electrons. The highest BCUT2D eigenvalue weighted by Crippen LogP contribution is 2.25. The SMILES string of the molecule is O=C(COC(=O)c1c(I)ccc(I)c1I)NS(=O)(=O)C(F)(F)F. The molecule has 0 aliphatic heterocycles. The lowest BCUT2D eigenvalue weighted by molar-refractivity contribution is -0.123. The first-order chi connectivity index (χ1) is 10.4. The topological polar surface area (TPSA) is 89.5 Å². The zero-order chi connectivity index (χ0) is 18.0. The Kier molecular flexibility index (Phi) is 7.33. The fraction of sp³-hybridized carbons (Fsp3) is 0.200. The molecule has 0 spiro atoms. The van der Waals surface area contributed by atoms with Crippen LogP contribution in [0.2, 0.25) is 0 Å². The minimum atomic E-state index is -5.83. The number of hydrogen-bond acceptors (Lipinski definition) is 5. The zero-order valence-electron chi connectivity index (χ0n) is 10.6. The number of carbonyl (C=O) groups excluding carboxylic acids is 2. The predicted octanol–water partition coefficient (Wildman–Crippen LogP) is 2.62. The number of sulfonamides is 1. The van der Waals surface area contributed by atoms with Gasteiger partial charge in [0.05, 0.1) is 5.56 Å². The maximum atomic E-state index is 12.1. The van der Waals surface area contributed by atoms with E-state index in [-0.39, 0.29) is 5.56 Å². The number of amides is 1. The molecule has 1 N–H and O–H groups in total. The number of alkyl halides is 3. The lowest BCUT2D eigenvalue weighted by Crippen LogP contribution is -2.42. The van der Waals surface area contributed by atoms with E-state index in [1.807, 2.05) is 67.8 Å². The summed E-state index contributed by atoms with van der Waals surface area (Å²) >= 11 is 5.70. The Morgan fingerprint density at radius 1 is 1.13 bits per heavy atom. The second kappa shape index (κ2) is 7.98. The van der Waals surface area contributed by atoms with Crippen molar-refractivity contribution in [3.8, 4) is 0 Å². The predicted molar refractivity (Wildman–Crippen MR) is 98.0 cm³/mol. The molecule has 0 bridgehead atoms. The van der Waals surface area contributed by atoms with Crippen molar-refractivity contribution in [2.75, 3.05) is 6.61 Å². The van der Waals surface area contributed by atoms with Gasteiger partial charge in [-0.25, -0.2) is 9.52 Å². The molecular formula is C10H5F3I3NO5S. The van der Waals surface area contributed by atoms with Crippen LogP contribution in [0.1, 0.15) is 10.4 Å². The number of benzene rings is 1. The summed E-state index contributed by atoms with van der Waals surface area (Å²) < 4.78 is 64.9. The lowest BCUT2D eigenvalue weighted by atomic mass is 10.2. The normalized spacial score (nSPS) is 11.9. The van der Waals surface area contributed by atoms with Crippen molar-refractivity contribution in [2.45, 2.75) is 5.51 Å². The van der Waals surface area contributed by atoms with Gasteiger partial charge in [-0.15, -0.1) is 0 Å². The monoisotopic (exact) mass is 689 g/mol. The van der Waals surface area contributed by atoms with E-state index in [0.29, 0.717) is 7.14 Å². The van der Waals surface area contributed by atoms with Crippen molar-refractivity contribution in [3.63, 3.8) is 0 Å². The van der Waals surface area contributed by atoms with Crippen LogP contribution >= 0.6 is 67.8 Å². The molecule has 0 radical (unpaired) electrons. The summed E-state index contributed by atoms with van der Waals surface area (Å²) in [4.78, 5) is 23.1. The van der Waals surface area contributed by atoms with Crippen LogP contribution in [0.5, 0.6) is 0 Å². The van der Waals surface area contributed by atoms with Gasteiger partial charge >= 0.3 is 21.5 Å². The Morgan fingerprint density at radius 2 is 1.65 bits per heavy atom. The number of nitrogens with one attached hydrogen (secondary N) is 1. The van der Waals surface area contributed by atoms with E-state index >= 15 is 0 Å². The summed E-state index contributed by atoms with van der Waals surface area (Å²) in [6.07, 6.45) is 0. The number of ether oxygens (including phenoxy) is 1. The average molecular weight is 689 g/mol. The smallest absolute Gasteiger partial charge is 0.452 e. The quantitative estimate of drug-likeness (QED) is 0.299. The number of halogens is 6. The second-order valence-corrected chi connectivity index (χ2v) is 8.85. The van der Waals surface area contributed by atoms with Gasteiger partial charge in [-0.2, -0.15) is 21.6 Å². The maximum Gasteiger partial charge on any atom is 0.516 e. The molecule has 13 heteroatoms. The van der Waals surface area contributed by atoms with Crippen LogP contribution in [0.4, 0.5) is 13.2 Å². The highest BCUT2D eigenvalue weighted by atomic mass is 127. The van der Waals surface area contributed by atoms with Gasteiger partial charge in [-0.3, -0.25) is 4.79 Å². The fourth-order valence-electron chi connectivity index (χ4n) is 1.15. The van der Waals surface area contributed by atoms with E-state index in [4.69, 9.17) is 0 Å². The van der Waals surface area contributed by atoms with Gasteiger partial charge < -0.3 is 4.74 Å². The molecule has 0 aromatic heterocycles. The minimum Gasteiger partial charge on any atom is -0.452 e. The van der Waals surface area contributed by atoms with Gasteiger partial charge in [-0.1, -0.05) is 0 Å². The number of rotatable bonds is 4. The summed E-state index contributed by atoms with van der Waals surface area (Å²) in [5.74, 6) is -2.55. The van der Waals surface area contributed by atoms with Crippen LogP contribution in [0.25, 0.3) is 0 Å². The van der Waals surface area contributed by atoms with Crippen molar-refractivity contribution in [1.29, 1.82) is 0 Å². The molecule has 1 amide bonds. The molecule has 0 atom stereocenters. The van der Waals surface area contributed by atoms with Gasteiger partial charge in [0.1, 0.15) is 0 Å². The van der Waals surface area contributed by atoms with Crippen molar-refractivity contribution in [3.05, 3.63) is 28.4 Å². The minimum absolute atomic E-state index is 0.143. The second-order valence-electron chi connectivity index (χ2n) is 3.77. The molecule has 1 aromatic carbocycles. The first kappa shape index (κ1) is 21.1. The third-order valence-corrected chi connectivity index (χ3v) is 7.19. The third-order valence-electron chi connectivity index (χ3n) is 2.14. The molecule has 0 aliphatic rings. The molecule has 0 heterocycles. The molecule has 1 aromatic rings. The van der Waals surface area contributed by atoms with Crippen molar-refractivity contribution < 1.29 is 35.9 Å². The Bertz CT molecular complexity index is 751. The maximum absolute atomic E-state index is 12.1. The molecule has 23 heavy (non-hydrogen) atoms. The van der Waals surface area contributed by atoms with Crippen molar-refractivity contribution in [2.24, 2.45) is 0 Å². The first-order valence-electron chi connectivity index (χ1n) is 5.29. The van der Waals surface area contributed by atoms with Crippen LogP contribution in [0.15, 0.2) is 12.1 Å². The molecule has 0 saturated carbocycles. The Labute approximate surface area is 169 Å². The Balaban J connectivity index is 2.79. The van der Waals surface area contributed by atoms with E-state index in [0.717, 1.165) is 8.29 Å². The van der Waals surface area contributed by atoms with Crippen LogP contribution < -0.4 is 4.72 Å². The van der Waals surface area contributed by atoms with Crippen LogP contribution in [0, 0.1) is 10.7 Å². The van der Waals surface area contributed by atoms with Gasteiger partial charge in [0.25, 0.3) is 5.91 Å². The summed E-state index contributed by atoms with van der Waals surface area (Å²) in [5, 5.41) is 0. The molecule has 0 unspecified atom stereocenters. The summed E-state index contributed by atoms with van der Waals surface area (Å²) in [6, 6.07) is 3.36. The van der Waals surface area contributed by atoms with Gasteiger partial charge in [0, 0.05) is 10.7 Å². The van der Waals surface area contributed by atoms with Gasteiger partial charge in [-0.05, 0) is 79.9 Å². The molecular weight excluding hydrogens is 684 g/mol. The average Bonchev–Trinajstić information content (AvgIpc) is 2.39. The van der Waals surface area contributed by atoms with Crippen LogP contribution in [-0.4, -0.2) is 32.4 Å². The van der Waals surface area contributed by atoms with Crippen LogP contribution in [0.3, 0.4) is 0 Å². The zero-order valence-corrected chi connectivity index (χ0v) is 17.9. The van der Waals surface area contributed by atoms with Gasteiger partial charge in [0.15, 0.2) is 6.61 Å². The van der Waals surface area contributed by atoms with E-state index in [9.17, 15) is 31.2 Å². The fourth-order valence-corrected chi connectivity index (χ4v) is 3.95. The van der Waals surface area contributed by atoms with E-state index < -0.39 is 34.0 Å². The molecule has 0 aliphatic carbocycles. The summed E-state index contributed by atoms with van der Waals surface area (Å²) in [5.41, 5.74) is -5.49. The van der Waals surface area contributed by atoms with E-state index in [2.05, 4.69) is 4.74 Å². The molecule has 1 rings (SSSR count). The van der Waals surface area contributed by atoms with Crippen molar-refractivity contribution >= 4 is 89.7 Å². The molecule has 6 nitrogen and oxygen atoms in total. The van der Waals surface area contributed by atoms with Crippen LogP contribution in [-0.2, 0) is 19.6 Å². The summed E-state index contributed by atoms with van der Waals surface area (Å²) in [6.45, 7) is -1.16. The van der Waals surface area contributed by atoms with E-state index in [1.165, 1.54) is 0 Å². The Hall–Kier alpha value is 0.0900. The molecule has 0 saturated heterocycles. The first-order valence-corrected chi connectivity index (χ1v) is 10.0. The number of hydrogen-bond donors (Lipinski definition) is 1. The third kappa shape index (κ3) is 5.55. The lowest BCUT2D eigenvalue weighted by Gasteiger charge is -2.11. The highest BCUT2D eigenvalue weighted by Gasteiger charge is 2.47. The largest absolute Gasteiger partial charge is 0.516 e. The summed E-state index contributed by atoms with van der Waals surface area (Å²) in [7, 11) is -5.83. The number of carbonyl (C=O) groups is 2. The van der Waals surface area contributed by atoms with E-state index in [1.54, 1.807) is 12.1 Å². The van der Waals surface area contributed by atoms with Crippen molar-refractivity contribution in [1.82, 2.24) is 4.72 Å². The molecule has 0 fully saturated rings. The standard InChI is InChI=1S/C10H5F3I3NO5S/c11-10(12,13)23(20,21)17-6(18)3-22-9(19)7-4(14)1-2-5(15)8(7)16/h1-2H,3H2,(H,17,18). The van der Waals surface area contributed by atoms with Gasteiger partial charge in [0.2, 0.25) is 0 Å². The Morgan fingerprint density at radius 3 is 2.17 bits per heavy atom.